The number of aliphatic hydroxyl groups excluding tert-OH is 1. The molecule has 2 rings (SSSR count). The lowest BCUT2D eigenvalue weighted by Gasteiger charge is -2.29. The molecule has 8 nitrogen and oxygen atoms in total. The van der Waals surface area contributed by atoms with Gasteiger partial charge in [-0.15, -0.1) is 0 Å². The fraction of sp³-hybridized carbons (Fsp3) is 0.444. The summed E-state index contributed by atoms with van der Waals surface area (Å²) in [7, 11) is 0. The van der Waals surface area contributed by atoms with Crippen molar-refractivity contribution in [1.29, 1.82) is 0 Å². The first-order chi connectivity index (χ1) is 14.1. The summed E-state index contributed by atoms with van der Waals surface area (Å²) in [6.07, 6.45) is 2.76. The standard InChI is InChI=1S/C17H22F2N4O2S.CH3NOS/c1-3-22(4-2)16(26)25-8-7-17(24,10-23-12-20-11-21-23)14-6-5-13(18)9-15(14)19;2-1(3)4/h5-6,9,11-12,24H,3-4,7-8,10H2,1-2H3;(H3,2,3,4)/t17-;/m0./s1. The number of aliphatic hydroxyl groups is 2. The van der Waals surface area contributed by atoms with Crippen LogP contribution < -0.4 is 5.73 Å². The van der Waals surface area contributed by atoms with Crippen molar-refractivity contribution in [2.75, 3.05) is 19.7 Å². The molecule has 0 amide bonds. The lowest BCUT2D eigenvalue weighted by molar-refractivity contribution is -0.0102. The van der Waals surface area contributed by atoms with Gasteiger partial charge in [0, 0.05) is 31.1 Å². The van der Waals surface area contributed by atoms with Crippen molar-refractivity contribution in [2.45, 2.75) is 32.4 Å². The van der Waals surface area contributed by atoms with E-state index in [9.17, 15) is 13.9 Å². The van der Waals surface area contributed by atoms with Crippen LogP contribution in [0.2, 0.25) is 0 Å². The van der Waals surface area contributed by atoms with Gasteiger partial charge in [-0.1, -0.05) is 6.07 Å². The summed E-state index contributed by atoms with van der Waals surface area (Å²) >= 11 is 9.08. The summed E-state index contributed by atoms with van der Waals surface area (Å²) in [5.74, 6) is -1.55. The number of nitrogens with zero attached hydrogens (tertiary/aromatic N) is 4. The molecule has 1 heterocycles. The zero-order chi connectivity index (χ0) is 22.7. The maximum absolute atomic E-state index is 14.3. The lowest BCUT2D eigenvalue weighted by atomic mass is 9.90. The molecule has 0 unspecified atom stereocenters. The van der Waals surface area contributed by atoms with Gasteiger partial charge in [-0.25, -0.2) is 18.4 Å². The van der Waals surface area contributed by atoms with E-state index in [0.717, 1.165) is 12.1 Å². The quantitative estimate of drug-likeness (QED) is 0.510. The van der Waals surface area contributed by atoms with E-state index in [0.29, 0.717) is 18.3 Å². The van der Waals surface area contributed by atoms with E-state index in [2.05, 4.69) is 28.0 Å². The van der Waals surface area contributed by atoms with E-state index < -0.39 is 22.4 Å². The third-order valence-corrected chi connectivity index (χ3v) is 4.46. The van der Waals surface area contributed by atoms with Crippen LogP contribution in [0.5, 0.6) is 0 Å². The van der Waals surface area contributed by atoms with Crippen LogP contribution in [-0.4, -0.2) is 59.9 Å². The van der Waals surface area contributed by atoms with Gasteiger partial charge in [0.1, 0.15) is 29.9 Å². The number of nitrogens with two attached hydrogens (primary N) is 1. The maximum atomic E-state index is 14.3. The average molecular weight is 462 g/mol. The zero-order valence-electron chi connectivity index (χ0n) is 16.7. The van der Waals surface area contributed by atoms with E-state index in [-0.39, 0.29) is 25.1 Å². The number of halogens is 2. The smallest absolute Gasteiger partial charge is 0.259 e. The maximum Gasteiger partial charge on any atom is 0.259 e. The number of hydrogen-bond acceptors (Lipinski definition) is 6. The first kappa shape index (κ1) is 25.6. The summed E-state index contributed by atoms with van der Waals surface area (Å²) < 4.78 is 34.4. The van der Waals surface area contributed by atoms with Gasteiger partial charge in [-0.2, -0.15) is 5.10 Å². The molecule has 0 saturated heterocycles. The van der Waals surface area contributed by atoms with E-state index in [1.165, 1.54) is 23.4 Å². The highest BCUT2D eigenvalue weighted by molar-refractivity contribution is 7.80. The van der Waals surface area contributed by atoms with Crippen LogP contribution >= 0.6 is 24.4 Å². The van der Waals surface area contributed by atoms with Gasteiger partial charge in [0.2, 0.25) is 0 Å². The van der Waals surface area contributed by atoms with Crippen molar-refractivity contribution in [2.24, 2.45) is 5.73 Å². The summed E-state index contributed by atoms with van der Waals surface area (Å²) in [5, 5.41) is 22.4. The summed E-state index contributed by atoms with van der Waals surface area (Å²) in [6.45, 7) is 5.31. The van der Waals surface area contributed by atoms with Crippen molar-refractivity contribution in [3.8, 4) is 0 Å². The fourth-order valence-electron chi connectivity index (χ4n) is 2.63. The average Bonchev–Trinajstić information content (AvgIpc) is 3.14. The van der Waals surface area contributed by atoms with Crippen LogP contribution in [0.15, 0.2) is 30.9 Å². The van der Waals surface area contributed by atoms with Crippen LogP contribution in [0.1, 0.15) is 25.8 Å². The second kappa shape index (κ2) is 12.3. The number of hydrogen-bond donors (Lipinski definition) is 3. The molecule has 0 spiro atoms. The summed E-state index contributed by atoms with van der Waals surface area (Å²) in [4.78, 5) is 5.67. The van der Waals surface area contributed by atoms with Crippen molar-refractivity contribution in [1.82, 2.24) is 19.7 Å². The minimum absolute atomic E-state index is 0.0354. The third kappa shape index (κ3) is 8.13. The van der Waals surface area contributed by atoms with E-state index >= 15 is 0 Å². The van der Waals surface area contributed by atoms with Gasteiger partial charge in [-0.3, -0.25) is 0 Å². The molecular weight excluding hydrogens is 436 g/mol. The normalized spacial score (nSPS) is 12.3. The molecule has 12 heteroatoms. The van der Waals surface area contributed by atoms with E-state index in [1.54, 1.807) is 0 Å². The molecule has 0 aliphatic rings. The van der Waals surface area contributed by atoms with Crippen molar-refractivity contribution >= 4 is 34.8 Å². The molecule has 0 radical (unpaired) electrons. The van der Waals surface area contributed by atoms with Crippen molar-refractivity contribution < 1.29 is 23.7 Å². The molecule has 0 saturated carbocycles. The molecule has 0 bridgehead atoms. The van der Waals surface area contributed by atoms with Crippen LogP contribution in [0, 0.1) is 11.6 Å². The first-order valence-electron chi connectivity index (χ1n) is 9.03. The Morgan fingerprint density at radius 3 is 2.43 bits per heavy atom. The van der Waals surface area contributed by atoms with Gasteiger partial charge < -0.3 is 25.6 Å². The molecular formula is C18H25F2N5O3S2. The number of thiocarbonyl (C=S) groups is 2. The highest BCUT2D eigenvalue weighted by Gasteiger charge is 2.33. The third-order valence-electron chi connectivity index (χ3n) is 4.09. The van der Waals surface area contributed by atoms with Crippen LogP contribution in [0.4, 0.5) is 8.78 Å². The fourth-order valence-corrected chi connectivity index (χ4v) is 2.97. The second-order valence-electron chi connectivity index (χ2n) is 6.12. The van der Waals surface area contributed by atoms with Crippen LogP contribution in [-0.2, 0) is 16.9 Å². The molecule has 166 valence electrons. The molecule has 0 aliphatic heterocycles. The zero-order valence-corrected chi connectivity index (χ0v) is 18.3. The Balaban J connectivity index is 0.00000103. The summed E-state index contributed by atoms with van der Waals surface area (Å²) in [5.41, 5.74) is 2.70. The Morgan fingerprint density at radius 1 is 1.30 bits per heavy atom. The Hall–Kier alpha value is -2.44. The molecule has 1 aromatic carbocycles. The molecule has 1 aromatic heterocycles. The van der Waals surface area contributed by atoms with Crippen LogP contribution in [0.3, 0.4) is 0 Å². The molecule has 30 heavy (non-hydrogen) atoms. The molecule has 0 aliphatic carbocycles. The second-order valence-corrected chi connectivity index (χ2v) is 6.89. The van der Waals surface area contributed by atoms with Gasteiger partial charge in [-0.05, 0) is 44.3 Å². The van der Waals surface area contributed by atoms with Crippen molar-refractivity contribution in [3.63, 3.8) is 0 Å². The SMILES string of the molecule is CCN(CC)C(=S)OCC[C@](O)(Cn1cncn1)c1ccc(F)cc1F.NC(O)=S. The highest BCUT2D eigenvalue weighted by atomic mass is 32.1. The minimum Gasteiger partial charge on any atom is -0.487 e. The Morgan fingerprint density at radius 2 is 1.93 bits per heavy atom. The van der Waals surface area contributed by atoms with Crippen molar-refractivity contribution in [3.05, 3.63) is 48.1 Å². The Bertz CT molecular complexity index is 818. The van der Waals surface area contributed by atoms with E-state index in [4.69, 9.17) is 22.1 Å². The monoisotopic (exact) mass is 461 g/mol. The van der Waals surface area contributed by atoms with E-state index in [1.807, 2.05) is 18.7 Å². The number of ether oxygens (including phenoxy) is 1. The number of aromatic nitrogens is 3. The molecule has 0 fully saturated rings. The van der Waals surface area contributed by atoms with Crippen LogP contribution in [0.25, 0.3) is 0 Å². The largest absolute Gasteiger partial charge is 0.487 e. The van der Waals surface area contributed by atoms with Gasteiger partial charge in [0.05, 0.1) is 13.2 Å². The van der Waals surface area contributed by atoms with Gasteiger partial charge in [0.15, 0.2) is 0 Å². The topological polar surface area (TPSA) is 110 Å². The number of rotatable bonds is 8. The highest BCUT2D eigenvalue weighted by Crippen LogP contribution is 2.30. The first-order valence-corrected chi connectivity index (χ1v) is 9.85. The predicted octanol–water partition coefficient (Wildman–Crippen LogP) is 2.27. The molecule has 2 aromatic rings. The van der Waals surface area contributed by atoms with Gasteiger partial charge in [0.25, 0.3) is 10.3 Å². The number of benzene rings is 1. The molecule has 1 atom stereocenters. The Kier molecular flexibility index (Phi) is 10.5. The lowest BCUT2D eigenvalue weighted by Crippen LogP contribution is -2.36. The Labute approximate surface area is 184 Å². The summed E-state index contributed by atoms with van der Waals surface area (Å²) in [6, 6.07) is 3.07. The minimum atomic E-state index is -1.66. The van der Waals surface area contributed by atoms with Gasteiger partial charge >= 0.3 is 0 Å². The predicted molar refractivity (Wildman–Crippen MR) is 116 cm³/mol. The molecule has 4 N–H and O–H groups in total.